The number of amides is 1. The van der Waals surface area contributed by atoms with E-state index in [1.54, 1.807) is 24.5 Å². The molecule has 0 aliphatic carbocycles. The Bertz CT molecular complexity index is 613. The first-order chi connectivity index (χ1) is 9.16. The van der Waals surface area contributed by atoms with Gasteiger partial charge in [0.2, 0.25) is 0 Å². The van der Waals surface area contributed by atoms with Crippen molar-refractivity contribution >= 4 is 34.9 Å². The molecule has 0 fully saturated rings. The van der Waals surface area contributed by atoms with Crippen LogP contribution in [0.3, 0.4) is 0 Å². The zero-order valence-electron chi connectivity index (χ0n) is 9.98. The van der Waals surface area contributed by atoms with Crippen LogP contribution in [-0.4, -0.2) is 16.9 Å². The average molecular weight is 272 g/mol. The number of rotatable bonds is 3. The van der Waals surface area contributed by atoms with Gasteiger partial charge in [-0.25, -0.2) is 0 Å². The van der Waals surface area contributed by atoms with Crippen molar-refractivity contribution in [2.45, 2.75) is 0 Å². The minimum absolute atomic E-state index is 0.252. The van der Waals surface area contributed by atoms with Crippen molar-refractivity contribution in [2.75, 3.05) is 0 Å². The fourth-order valence-electron chi connectivity index (χ4n) is 1.49. The van der Waals surface area contributed by atoms with Crippen molar-refractivity contribution in [3.63, 3.8) is 0 Å². The van der Waals surface area contributed by atoms with Gasteiger partial charge in [-0.3, -0.25) is 9.78 Å². The number of pyridine rings is 1. The monoisotopic (exact) mass is 272 g/mol. The van der Waals surface area contributed by atoms with Crippen LogP contribution in [0, 0.1) is 0 Å². The predicted molar refractivity (Wildman–Crippen MR) is 77.2 cm³/mol. The minimum Gasteiger partial charge on any atom is -0.370 e. The van der Waals surface area contributed by atoms with Crippen molar-refractivity contribution in [1.29, 1.82) is 0 Å². The first-order valence-corrected chi connectivity index (χ1v) is 6.39. The largest absolute Gasteiger partial charge is 0.370 e. The summed E-state index contributed by atoms with van der Waals surface area (Å²) in [4.78, 5) is 19.6. The number of nitrogens with zero attached hydrogens (tertiary/aromatic N) is 2. The van der Waals surface area contributed by atoms with Crippen LogP contribution in [0.15, 0.2) is 46.3 Å². The second-order valence-electron chi connectivity index (χ2n) is 3.70. The molecule has 2 heterocycles. The van der Waals surface area contributed by atoms with Gasteiger partial charge in [0.05, 0.1) is 5.57 Å². The molecule has 0 aromatic carbocycles. The zero-order chi connectivity index (χ0) is 13.7. The van der Waals surface area contributed by atoms with Gasteiger partial charge < -0.3 is 11.5 Å². The highest BCUT2D eigenvalue weighted by molar-refractivity contribution is 7.08. The topological polar surface area (TPSA) is 94.4 Å². The van der Waals surface area contributed by atoms with E-state index in [0.29, 0.717) is 5.57 Å². The highest BCUT2D eigenvalue weighted by Gasteiger charge is 2.12. The molecule has 2 aromatic heterocycles. The van der Waals surface area contributed by atoms with Gasteiger partial charge in [0.25, 0.3) is 5.91 Å². The van der Waals surface area contributed by atoms with E-state index < -0.39 is 5.91 Å². The average Bonchev–Trinajstić information content (AvgIpc) is 2.90. The maximum atomic E-state index is 12.0. The molecule has 0 unspecified atom stereocenters. The van der Waals surface area contributed by atoms with Gasteiger partial charge in [0, 0.05) is 12.4 Å². The lowest BCUT2D eigenvalue weighted by molar-refractivity contribution is -0.112. The van der Waals surface area contributed by atoms with E-state index in [0.717, 1.165) is 11.1 Å². The summed E-state index contributed by atoms with van der Waals surface area (Å²) in [7, 11) is 0. The van der Waals surface area contributed by atoms with E-state index in [1.807, 2.05) is 22.9 Å². The van der Waals surface area contributed by atoms with Crippen LogP contribution in [0.1, 0.15) is 11.1 Å². The highest BCUT2D eigenvalue weighted by atomic mass is 32.1. The van der Waals surface area contributed by atoms with Gasteiger partial charge in [0.1, 0.15) is 0 Å². The molecular weight excluding hydrogens is 260 g/mol. The molecular formula is C13H12N4OS. The summed E-state index contributed by atoms with van der Waals surface area (Å²) in [5, 5.41) is 3.75. The molecule has 5 nitrogen and oxygen atoms in total. The fourth-order valence-corrected chi connectivity index (χ4v) is 2.15. The molecule has 19 heavy (non-hydrogen) atoms. The summed E-state index contributed by atoms with van der Waals surface area (Å²) >= 11 is 1.50. The molecule has 4 N–H and O–H groups in total. The molecule has 0 aliphatic heterocycles. The van der Waals surface area contributed by atoms with Crippen molar-refractivity contribution in [3.8, 4) is 0 Å². The summed E-state index contributed by atoms with van der Waals surface area (Å²) in [6.45, 7) is 0. The Balaban J connectivity index is 2.44. The van der Waals surface area contributed by atoms with Crippen LogP contribution in [0.4, 0.5) is 0 Å². The fraction of sp³-hybridized carbons (Fsp3) is 0. The molecule has 0 saturated heterocycles. The third-order valence-electron chi connectivity index (χ3n) is 2.29. The number of nitrogens with two attached hydrogens (primary N) is 2. The lowest BCUT2D eigenvalue weighted by Gasteiger charge is -2.01. The molecule has 0 aliphatic rings. The number of carbonyl (C=O) groups is 1. The van der Waals surface area contributed by atoms with Crippen LogP contribution in [0.25, 0.3) is 11.6 Å². The Kier molecular flexibility index (Phi) is 4.04. The summed E-state index contributed by atoms with van der Waals surface area (Å²) in [5.41, 5.74) is 12.5. The molecule has 0 atom stereocenters. The lowest BCUT2D eigenvalue weighted by Crippen LogP contribution is -2.24. The van der Waals surface area contributed by atoms with Crippen LogP contribution in [0.5, 0.6) is 0 Å². The number of hydrogen-bond acceptors (Lipinski definition) is 3. The summed E-state index contributed by atoms with van der Waals surface area (Å²) < 4.78 is 0. The number of aromatic nitrogens is 1. The van der Waals surface area contributed by atoms with E-state index in [2.05, 4.69) is 9.98 Å². The summed E-state index contributed by atoms with van der Waals surface area (Å²) in [6.07, 6.45) is 5.04. The van der Waals surface area contributed by atoms with Crippen molar-refractivity contribution in [2.24, 2.45) is 16.5 Å². The van der Waals surface area contributed by atoms with Crippen LogP contribution < -0.4 is 11.5 Å². The molecule has 0 spiro atoms. The summed E-state index contributed by atoms with van der Waals surface area (Å²) in [6, 6.07) is 5.48. The highest BCUT2D eigenvalue weighted by Crippen LogP contribution is 2.21. The molecule has 0 saturated carbocycles. The minimum atomic E-state index is -0.470. The number of hydrogen-bond donors (Lipinski definition) is 2. The number of carbonyl (C=O) groups excluding carboxylic acids is 1. The van der Waals surface area contributed by atoms with E-state index in [-0.39, 0.29) is 5.96 Å². The van der Waals surface area contributed by atoms with Gasteiger partial charge in [-0.15, -0.1) is 0 Å². The van der Waals surface area contributed by atoms with E-state index in [9.17, 15) is 4.79 Å². The quantitative estimate of drug-likeness (QED) is 0.502. The van der Waals surface area contributed by atoms with Crippen LogP contribution in [-0.2, 0) is 4.79 Å². The first kappa shape index (κ1) is 13.0. The lowest BCUT2D eigenvalue weighted by atomic mass is 10.1. The van der Waals surface area contributed by atoms with Crippen LogP contribution in [0.2, 0.25) is 0 Å². The SMILES string of the molecule is NC(N)=NC(=O)/C(=C/c1cccnc1)c1ccsc1. The molecule has 0 bridgehead atoms. The predicted octanol–water partition coefficient (Wildman–Crippen LogP) is 1.48. The van der Waals surface area contributed by atoms with E-state index in [4.69, 9.17) is 11.5 Å². The Morgan fingerprint density at radius 1 is 1.37 bits per heavy atom. The van der Waals surface area contributed by atoms with Gasteiger partial charge in [-0.2, -0.15) is 16.3 Å². The van der Waals surface area contributed by atoms with Gasteiger partial charge in [-0.05, 0) is 40.1 Å². The van der Waals surface area contributed by atoms with Gasteiger partial charge in [-0.1, -0.05) is 6.07 Å². The Morgan fingerprint density at radius 3 is 2.79 bits per heavy atom. The third kappa shape index (κ3) is 3.49. The maximum absolute atomic E-state index is 12.0. The standard InChI is InChI=1S/C13H12N4OS/c14-13(15)17-12(18)11(10-3-5-19-8-10)6-9-2-1-4-16-7-9/h1-8H,(H4,14,15,17,18)/b11-6+. The van der Waals surface area contributed by atoms with Gasteiger partial charge in [0.15, 0.2) is 5.96 Å². The smallest absolute Gasteiger partial charge is 0.280 e. The third-order valence-corrected chi connectivity index (χ3v) is 2.97. The molecule has 2 aromatic rings. The maximum Gasteiger partial charge on any atom is 0.280 e. The van der Waals surface area contributed by atoms with Crippen molar-refractivity contribution in [3.05, 3.63) is 52.5 Å². The van der Waals surface area contributed by atoms with E-state index >= 15 is 0 Å². The molecule has 2 rings (SSSR count). The zero-order valence-corrected chi connectivity index (χ0v) is 10.8. The summed E-state index contributed by atoms with van der Waals surface area (Å²) in [5.74, 6) is -0.723. The molecule has 1 amide bonds. The van der Waals surface area contributed by atoms with Crippen molar-refractivity contribution in [1.82, 2.24) is 4.98 Å². The van der Waals surface area contributed by atoms with Crippen molar-refractivity contribution < 1.29 is 4.79 Å². The Morgan fingerprint density at radius 2 is 2.21 bits per heavy atom. The number of aliphatic imine (C=N–C) groups is 1. The normalized spacial score (nSPS) is 11.1. The Labute approximate surface area is 114 Å². The van der Waals surface area contributed by atoms with E-state index in [1.165, 1.54) is 11.3 Å². The second kappa shape index (κ2) is 5.92. The van der Waals surface area contributed by atoms with Gasteiger partial charge >= 0.3 is 0 Å². The number of thiophene rings is 1. The Hall–Kier alpha value is -2.47. The molecule has 6 heteroatoms. The van der Waals surface area contributed by atoms with Crippen LogP contribution >= 0.6 is 11.3 Å². The molecule has 0 radical (unpaired) electrons. The second-order valence-corrected chi connectivity index (χ2v) is 4.48. The first-order valence-electron chi connectivity index (χ1n) is 5.45. The molecule has 96 valence electrons. The number of guanidine groups is 1.